The summed E-state index contributed by atoms with van der Waals surface area (Å²) in [4.78, 5) is 66.8. The molecule has 8 aromatic carbocycles. The first-order valence-electron chi connectivity index (χ1n) is 37.3. The summed E-state index contributed by atoms with van der Waals surface area (Å²) in [5.41, 5.74) is 25.3. The van der Waals surface area contributed by atoms with Crippen molar-refractivity contribution in [3.8, 4) is 57.5 Å². The number of phenols is 2. The molecule has 0 atom stereocenters. The van der Waals surface area contributed by atoms with Crippen molar-refractivity contribution in [1.82, 2.24) is 29.5 Å². The van der Waals surface area contributed by atoms with Gasteiger partial charge in [0.05, 0.1) is 78.5 Å². The Hall–Kier alpha value is -13.4. The zero-order valence-corrected chi connectivity index (χ0v) is 65.9. The highest BCUT2D eigenvalue weighted by Crippen LogP contribution is 2.41. The second-order valence-corrected chi connectivity index (χ2v) is 27.2. The van der Waals surface area contributed by atoms with Gasteiger partial charge in [-0.1, -0.05) is 77.6 Å². The molecule has 0 aliphatic carbocycles. The quantitative estimate of drug-likeness (QED) is 0.0138. The van der Waals surface area contributed by atoms with Crippen LogP contribution in [0.1, 0.15) is 121 Å². The molecule has 7 N–H and O–H groups in total. The third kappa shape index (κ3) is 18.3. The number of aromatic hydroxyl groups is 2. The van der Waals surface area contributed by atoms with Gasteiger partial charge in [-0.2, -0.15) is 0 Å². The highest BCUT2D eigenvalue weighted by molar-refractivity contribution is 5.94. The Morgan fingerprint density at radius 1 is 0.447 bits per heavy atom. The number of aryl methyl sites for hydroxylation is 4. The Bertz CT molecular complexity index is 5990. The lowest BCUT2D eigenvalue weighted by Gasteiger charge is -2.15. The van der Waals surface area contributed by atoms with Crippen molar-refractivity contribution in [2.24, 2.45) is 5.73 Å². The second-order valence-electron chi connectivity index (χ2n) is 27.2. The molecule has 14 aromatic rings. The summed E-state index contributed by atoms with van der Waals surface area (Å²) in [5.74, 6) is 3.43. The normalized spacial score (nSPS) is 11.1. The number of H-pyrrole nitrogens is 1. The fourth-order valence-electron chi connectivity index (χ4n) is 14.1. The minimum absolute atomic E-state index is 0.0985. The number of amides is 1. The molecule has 0 spiro atoms. The lowest BCUT2D eigenvalue weighted by atomic mass is 9.97. The van der Waals surface area contributed by atoms with Gasteiger partial charge in [0, 0.05) is 75.2 Å². The molecule has 114 heavy (non-hydrogen) atoms. The molecule has 6 aromatic heterocycles. The van der Waals surface area contributed by atoms with Crippen LogP contribution in [0.15, 0.2) is 165 Å². The standard InChI is InChI=1S/C24H25N3O5.C22H22N2O4.C21H22N2O5.C21H24N2O3/c1-4-5-18-17-11-22(31-3)21(30-2)10-16(17)15(12-26-18)8-14-6-7-20-19(9-14)27(13-23(25)28)24(29)32-20;1-4-5-17-16-11-21(27-3)20(26-2)10-15(16)14(12-23-17)8-13-6-7-19-18(9-13)24-22(25)28-19;1-4-5-17-16-11-21(28-3)20(27-2)10-15(16)14(12-22-17)8-13-6-7-19(24)18(9-13)23(25)26;1-4-5-18-16-11-21(26-3)20(25-2)10-15(16)14(12-23-18)8-13-6-7-19(24)17(22)9-13/h6-7,9-12H,4-5,8,13H2,1-3H3,(H2,25,28);6-7,9-12H,4-5,8H2,1-3H3,(H,24,25);6-7,9-12,24H,4-5,8H2,1-3H3;6-7,9-12,24H,4-5,8,22H2,1-3H3. The number of pyridine rings is 4. The molecule has 0 fully saturated rings. The van der Waals surface area contributed by atoms with Gasteiger partial charge < -0.3 is 68.4 Å². The van der Waals surface area contributed by atoms with Crippen molar-refractivity contribution < 1.29 is 66.7 Å². The number of carbonyl (C=O) groups is 1. The van der Waals surface area contributed by atoms with Gasteiger partial charge in [0.1, 0.15) is 12.3 Å². The minimum atomic E-state index is -0.608. The first-order valence-corrected chi connectivity index (χ1v) is 37.3. The topological polar surface area (TPSA) is 359 Å². The summed E-state index contributed by atoms with van der Waals surface area (Å²) in [6, 6.07) is 36.7. The van der Waals surface area contributed by atoms with Crippen LogP contribution in [-0.4, -0.2) is 107 Å². The van der Waals surface area contributed by atoms with Crippen LogP contribution in [-0.2, 0) is 62.7 Å². The number of aromatic amines is 1. The number of carbonyl (C=O) groups excluding carboxylic acids is 1. The maximum absolute atomic E-state index is 12.1. The number of nitro benzene ring substituents is 1. The van der Waals surface area contributed by atoms with Crippen molar-refractivity contribution in [2.45, 2.75) is 111 Å². The van der Waals surface area contributed by atoms with Crippen LogP contribution < -0.4 is 60.9 Å². The molecule has 0 saturated carbocycles. The molecule has 0 aliphatic heterocycles. The fraction of sp³-hybridized carbons (Fsp3) is 0.284. The minimum Gasteiger partial charge on any atom is -0.506 e. The molecule has 0 aliphatic rings. The predicted octanol–water partition coefficient (Wildman–Crippen LogP) is 15.9. The smallest absolute Gasteiger partial charge is 0.420 e. The van der Waals surface area contributed by atoms with Crippen molar-refractivity contribution in [3.63, 3.8) is 0 Å². The van der Waals surface area contributed by atoms with Gasteiger partial charge in [-0.15, -0.1) is 0 Å². The fourth-order valence-corrected chi connectivity index (χ4v) is 14.1. The van der Waals surface area contributed by atoms with Gasteiger partial charge in [0.15, 0.2) is 62.9 Å². The Balaban J connectivity index is 0.000000150. The summed E-state index contributed by atoms with van der Waals surface area (Å²) in [6.45, 7) is 8.26. The number of nitrogens with zero attached hydrogens (tertiary/aromatic N) is 6. The lowest BCUT2D eigenvalue weighted by Crippen LogP contribution is -2.24. The van der Waals surface area contributed by atoms with E-state index in [1.165, 1.54) is 16.7 Å². The number of hydrogen-bond donors (Lipinski definition) is 5. The van der Waals surface area contributed by atoms with E-state index in [0.717, 1.165) is 156 Å². The zero-order valence-electron chi connectivity index (χ0n) is 65.9. The number of nitrogens with two attached hydrogens (primary N) is 2. The van der Waals surface area contributed by atoms with Crippen molar-refractivity contribution in [1.29, 1.82) is 0 Å². The van der Waals surface area contributed by atoms with E-state index in [1.54, 1.807) is 87.3 Å². The van der Waals surface area contributed by atoms with E-state index >= 15 is 0 Å². The number of rotatable bonds is 27. The number of anilines is 1. The molecule has 1 amide bonds. The number of nitrogen functional groups attached to an aromatic ring is 1. The van der Waals surface area contributed by atoms with E-state index < -0.39 is 22.3 Å². The Kier molecular flexibility index (Phi) is 26.5. The largest absolute Gasteiger partial charge is 0.506 e. The van der Waals surface area contributed by atoms with Gasteiger partial charge >= 0.3 is 17.2 Å². The van der Waals surface area contributed by atoms with Gasteiger partial charge in [0.2, 0.25) is 5.91 Å². The van der Waals surface area contributed by atoms with E-state index in [-0.39, 0.29) is 23.7 Å². The molecule has 26 heteroatoms. The number of benzene rings is 8. The van der Waals surface area contributed by atoms with Gasteiger partial charge in [-0.05, 0) is 208 Å². The number of ether oxygens (including phenoxy) is 8. The number of oxazole rings is 2. The third-order valence-corrected chi connectivity index (χ3v) is 19.6. The molecule has 26 nitrogen and oxygen atoms in total. The van der Waals surface area contributed by atoms with Crippen molar-refractivity contribution in [2.75, 3.05) is 62.6 Å². The van der Waals surface area contributed by atoms with Crippen LogP contribution in [0.2, 0.25) is 0 Å². The van der Waals surface area contributed by atoms with Gasteiger partial charge in [0.25, 0.3) is 0 Å². The monoisotopic (exact) mass is 1550 g/mol. The predicted molar refractivity (Wildman–Crippen MR) is 440 cm³/mol. The number of nitro groups is 1. The number of aromatic nitrogens is 6. The molecule has 0 saturated heterocycles. The van der Waals surface area contributed by atoms with Crippen LogP contribution in [0.4, 0.5) is 11.4 Å². The first-order chi connectivity index (χ1) is 55.1. The first kappa shape index (κ1) is 81.6. The van der Waals surface area contributed by atoms with Crippen LogP contribution >= 0.6 is 0 Å². The molecule has 14 rings (SSSR count). The van der Waals surface area contributed by atoms with Crippen LogP contribution in [0, 0.1) is 10.1 Å². The number of hydrogen-bond acceptors (Lipinski definition) is 22. The summed E-state index contributed by atoms with van der Waals surface area (Å²) >= 11 is 0. The zero-order chi connectivity index (χ0) is 81.4. The summed E-state index contributed by atoms with van der Waals surface area (Å²) in [7, 11) is 13.0. The number of primary amides is 1. The lowest BCUT2D eigenvalue weighted by molar-refractivity contribution is -0.385. The van der Waals surface area contributed by atoms with Crippen molar-refractivity contribution >= 4 is 82.6 Å². The number of phenolic OH excluding ortho intramolecular Hbond substituents is 2. The van der Waals surface area contributed by atoms with E-state index in [1.807, 2.05) is 104 Å². The molecule has 0 bridgehead atoms. The molecule has 592 valence electrons. The highest BCUT2D eigenvalue weighted by atomic mass is 16.6. The number of methoxy groups -OCH3 is 8. The SMILES string of the molecule is CCCc1ncc(Cc2ccc(O)c(N)c2)c2cc(OC)c(OC)cc12.CCCc1ncc(Cc2ccc(O)c([N+](=O)[O-])c2)c2cc(OC)c(OC)cc12.CCCc1ncc(Cc2ccc3oc(=O)[nH]c3c2)c2cc(OC)c(OC)cc12.CCCc1ncc(Cc2ccc3oc(=O)n(CC(N)=O)c3c2)c2cc(OC)c(OC)cc12. The highest BCUT2D eigenvalue weighted by Gasteiger charge is 2.22. The summed E-state index contributed by atoms with van der Waals surface area (Å²) < 4.78 is 55.4. The van der Waals surface area contributed by atoms with Gasteiger partial charge in [-0.3, -0.25) is 44.4 Å². The molecule has 6 heterocycles. The molecule has 0 unspecified atom stereocenters. The van der Waals surface area contributed by atoms with Crippen molar-refractivity contribution in [3.05, 3.63) is 245 Å². The summed E-state index contributed by atoms with van der Waals surface area (Å²) in [5, 5.41) is 38.8. The number of nitrogens with one attached hydrogen (secondary N) is 1. The van der Waals surface area contributed by atoms with E-state index in [0.29, 0.717) is 105 Å². The summed E-state index contributed by atoms with van der Waals surface area (Å²) in [6.07, 6.45) is 17.3. The van der Waals surface area contributed by atoms with E-state index in [4.69, 9.17) is 68.2 Å². The van der Waals surface area contributed by atoms with E-state index in [9.17, 15) is 34.7 Å². The maximum atomic E-state index is 12.1. The van der Waals surface area contributed by atoms with Crippen LogP contribution in [0.5, 0.6) is 57.5 Å². The molecular weight excluding hydrogens is 1460 g/mol. The van der Waals surface area contributed by atoms with E-state index in [2.05, 4.69) is 42.6 Å². The second kappa shape index (κ2) is 37.1. The van der Waals surface area contributed by atoms with Gasteiger partial charge in [-0.25, -0.2) is 9.59 Å². The molecule has 0 radical (unpaired) electrons. The average Bonchev–Trinajstić information content (AvgIpc) is 0.878. The van der Waals surface area contributed by atoms with Crippen LogP contribution in [0.25, 0.3) is 65.3 Å². The average molecular weight is 1550 g/mol. The Morgan fingerprint density at radius 2 is 0.772 bits per heavy atom. The molecular formula is C88H93N9O17. The maximum Gasteiger partial charge on any atom is 0.420 e. The Labute approximate surface area is 657 Å². The number of fused-ring (bicyclic) bond motifs is 6. The van der Waals surface area contributed by atoms with Crippen LogP contribution in [0.3, 0.4) is 0 Å². The Morgan fingerprint density at radius 3 is 1.11 bits per heavy atom. The third-order valence-electron chi connectivity index (χ3n) is 19.6.